The Bertz CT molecular complexity index is 779. The zero-order valence-electron chi connectivity index (χ0n) is 14.7. The van der Waals surface area contributed by atoms with Gasteiger partial charge in [-0.05, 0) is 44.0 Å². The lowest BCUT2D eigenvalue weighted by atomic mass is 9.85. The Morgan fingerprint density at radius 2 is 1.70 bits per heavy atom. The Balaban J connectivity index is 1.54. The van der Waals surface area contributed by atoms with Gasteiger partial charge in [0.05, 0.1) is 11.8 Å². The second-order valence-corrected chi connectivity index (χ2v) is 6.98. The summed E-state index contributed by atoms with van der Waals surface area (Å²) in [5, 5.41) is 3.13. The first-order valence-electron chi connectivity index (χ1n) is 8.63. The minimum Gasteiger partial charge on any atom is -0.451 e. The van der Waals surface area contributed by atoms with Gasteiger partial charge in [0, 0.05) is 10.7 Å². The summed E-state index contributed by atoms with van der Waals surface area (Å²) < 4.78 is 5.08. The van der Waals surface area contributed by atoms with Crippen LogP contribution in [0.3, 0.4) is 0 Å². The third-order valence-corrected chi connectivity index (χ3v) is 4.93. The lowest BCUT2D eigenvalue weighted by Crippen LogP contribution is -2.39. The second-order valence-electron chi connectivity index (χ2n) is 6.55. The van der Waals surface area contributed by atoms with Gasteiger partial charge in [-0.1, -0.05) is 23.8 Å². The van der Waals surface area contributed by atoms with Crippen LogP contribution in [0.25, 0.3) is 0 Å². The number of benzene rings is 1. The van der Waals surface area contributed by atoms with Crippen LogP contribution in [0.1, 0.15) is 19.8 Å². The highest BCUT2D eigenvalue weighted by atomic mass is 35.5. The van der Waals surface area contributed by atoms with E-state index < -0.39 is 36.4 Å². The number of carbonyl (C=O) groups is 4. The van der Waals surface area contributed by atoms with Crippen LogP contribution in [0.2, 0.25) is 5.02 Å². The fourth-order valence-electron chi connectivity index (χ4n) is 3.22. The number of fused-ring (bicyclic) bond motifs is 1. The van der Waals surface area contributed by atoms with E-state index in [-0.39, 0.29) is 11.8 Å². The Morgan fingerprint density at radius 3 is 2.26 bits per heavy atom. The molecule has 0 unspecified atom stereocenters. The summed E-state index contributed by atoms with van der Waals surface area (Å²) in [5.74, 6) is -2.85. The van der Waals surface area contributed by atoms with E-state index in [0.29, 0.717) is 23.6 Å². The van der Waals surface area contributed by atoms with Crippen molar-refractivity contribution in [2.45, 2.75) is 25.9 Å². The van der Waals surface area contributed by atoms with Gasteiger partial charge in [-0.3, -0.25) is 24.1 Å². The minimum atomic E-state index is -1.08. The molecule has 1 aliphatic heterocycles. The normalized spacial score (nSPS) is 22.4. The van der Waals surface area contributed by atoms with Gasteiger partial charge >= 0.3 is 5.97 Å². The third kappa shape index (κ3) is 4.19. The number of amides is 3. The highest BCUT2D eigenvalue weighted by Gasteiger charge is 2.47. The quantitative estimate of drug-likeness (QED) is 0.472. The van der Waals surface area contributed by atoms with Crippen LogP contribution in [0.15, 0.2) is 36.4 Å². The molecule has 3 amide bonds. The van der Waals surface area contributed by atoms with Gasteiger partial charge < -0.3 is 10.1 Å². The number of allylic oxidation sites excluding steroid dienone is 2. The molecule has 0 saturated carbocycles. The first kappa shape index (κ1) is 19.1. The van der Waals surface area contributed by atoms with Crippen molar-refractivity contribution in [2.75, 3.05) is 11.9 Å². The molecule has 1 aliphatic carbocycles. The predicted octanol–water partition coefficient (Wildman–Crippen LogP) is 2.16. The number of nitrogens with zero attached hydrogens (tertiary/aromatic N) is 1. The van der Waals surface area contributed by atoms with E-state index in [9.17, 15) is 19.2 Å². The van der Waals surface area contributed by atoms with Crippen LogP contribution < -0.4 is 5.32 Å². The van der Waals surface area contributed by atoms with Crippen LogP contribution in [0.4, 0.5) is 5.69 Å². The summed E-state index contributed by atoms with van der Waals surface area (Å²) in [7, 11) is 0. The molecule has 7 nitrogen and oxygen atoms in total. The molecule has 2 aliphatic rings. The maximum Gasteiger partial charge on any atom is 0.326 e. The summed E-state index contributed by atoms with van der Waals surface area (Å²) in [6, 6.07) is 6.47. The Labute approximate surface area is 161 Å². The topological polar surface area (TPSA) is 92.8 Å². The molecule has 8 heteroatoms. The van der Waals surface area contributed by atoms with E-state index in [4.69, 9.17) is 16.3 Å². The van der Waals surface area contributed by atoms with Crippen molar-refractivity contribution in [1.29, 1.82) is 0 Å². The maximum atomic E-state index is 12.3. The average Bonchev–Trinajstić information content (AvgIpc) is 2.89. The average molecular weight is 391 g/mol. The van der Waals surface area contributed by atoms with Crippen molar-refractivity contribution in [3.63, 3.8) is 0 Å². The molecule has 1 fully saturated rings. The highest BCUT2D eigenvalue weighted by molar-refractivity contribution is 6.30. The summed E-state index contributed by atoms with van der Waals surface area (Å²) in [6.45, 7) is 0.934. The van der Waals surface area contributed by atoms with E-state index in [2.05, 4.69) is 5.32 Å². The lowest BCUT2D eigenvalue weighted by Gasteiger charge is -2.17. The van der Waals surface area contributed by atoms with E-state index in [1.807, 2.05) is 12.2 Å². The number of ether oxygens (including phenoxy) is 1. The maximum absolute atomic E-state index is 12.3. The van der Waals surface area contributed by atoms with Gasteiger partial charge in [-0.2, -0.15) is 0 Å². The summed E-state index contributed by atoms with van der Waals surface area (Å²) in [5.41, 5.74) is 0.508. The van der Waals surface area contributed by atoms with Crippen LogP contribution >= 0.6 is 11.6 Å². The van der Waals surface area contributed by atoms with Crippen LogP contribution in [-0.4, -0.2) is 41.2 Å². The first-order valence-corrected chi connectivity index (χ1v) is 9.00. The van der Waals surface area contributed by atoms with Crippen molar-refractivity contribution in [3.8, 4) is 0 Å². The molecule has 3 rings (SSSR count). The van der Waals surface area contributed by atoms with E-state index in [1.165, 1.54) is 6.92 Å². The number of hydrogen-bond donors (Lipinski definition) is 1. The van der Waals surface area contributed by atoms with Gasteiger partial charge in [0.15, 0.2) is 6.10 Å². The number of imide groups is 1. The fraction of sp³-hybridized carbons (Fsp3) is 0.368. The molecule has 1 aromatic carbocycles. The molecule has 1 N–H and O–H groups in total. The minimum absolute atomic E-state index is 0.357. The predicted molar refractivity (Wildman–Crippen MR) is 97.7 cm³/mol. The highest BCUT2D eigenvalue weighted by Crippen LogP contribution is 2.34. The Kier molecular flexibility index (Phi) is 5.60. The van der Waals surface area contributed by atoms with Gasteiger partial charge in [0.2, 0.25) is 11.8 Å². The van der Waals surface area contributed by atoms with Gasteiger partial charge in [0.1, 0.15) is 6.54 Å². The van der Waals surface area contributed by atoms with Crippen LogP contribution in [0, 0.1) is 11.8 Å². The molecule has 0 bridgehead atoms. The monoisotopic (exact) mass is 390 g/mol. The van der Waals surface area contributed by atoms with Crippen molar-refractivity contribution in [3.05, 3.63) is 41.4 Å². The number of rotatable bonds is 5. The molecular formula is C19H19ClN2O5. The summed E-state index contributed by atoms with van der Waals surface area (Å²) >= 11 is 5.78. The molecule has 1 aromatic rings. The Hall–Kier alpha value is -2.67. The fourth-order valence-corrected chi connectivity index (χ4v) is 3.34. The number of carbonyl (C=O) groups excluding carboxylic acids is 4. The van der Waals surface area contributed by atoms with Gasteiger partial charge in [-0.25, -0.2) is 0 Å². The number of esters is 1. The van der Waals surface area contributed by atoms with Gasteiger partial charge in [-0.15, -0.1) is 0 Å². The van der Waals surface area contributed by atoms with Crippen molar-refractivity contribution >= 4 is 41.0 Å². The zero-order valence-corrected chi connectivity index (χ0v) is 15.4. The SMILES string of the molecule is C[C@H](OC(=O)CN1C(=O)[C@H]2CC=CC[C@H]2C1=O)C(=O)Nc1ccc(Cl)cc1. The van der Waals surface area contributed by atoms with Crippen molar-refractivity contribution in [2.24, 2.45) is 11.8 Å². The smallest absolute Gasteiger partial charge is 0.326 e. The number of hydrogen-bond acceptors (Lipinski definition) is 5. The molecule has 0 spiro atoms. The van der Waals surface area contributed by atoms with Crippen molar-refractivity contribution < 1.29 is 23.9 Å². The molecule has 3 atom stereocenters. The molecule has 0 radical (unpaired) electrons. The lowest BCUT2D eigenvalue weighted by molar-refractivity contribution is -0.158. The van der Waals surface area contributed by atoms with Crippen LogP contribution in [-0.2, 0) is 23.9 Å². The van der Waals surface area contributed by atoms with E-state index in [0.717, 1.165) is 4.90 Å². The standard InChI is InChI=1S/C19H19ClN2O5/c1-11(17(24)21-13-8-6-12(20)7-9-13)27-16(23)10-22-18(25)14-4-2-3-5-15(14)19(22)26/h2-3,6-9,11,14-15H,4-5,10H2,1H3,(H,21,24)/t11-,14-,15+/m0/s1. The second kappa shape index (κ2) is 7.92. The van der Waals surface area contributed by atoms with E-state index in [1.54, 1.807) is 24.3 Å². The summed E-state index contributed by atoms with van der Waals surface area (Å²) in [4.78, 5) is 49.9. The molecule has 142 valence electrons. The summed E-state index contributed by atoms with van der Waals surface area (Å²) in [6.07, 6.45) is 3.67. The van der Waals surface area contributed by atoms with Crippen LogP contribution in [0.5, 0.6) is 0 Å². The first-order chi connectivity index (χ1) is 12.9. The number of anilines is 1. The molecular weight excluding hydrogens is 372 g/mol. The molecule has 27 heavy (non-hydrogen) atoms. The molecule has 1 saturated heterocycles. The Morgan fingerprint density at radius 1 is 1.15 bits per heavy atom. The number of likely N-dealkylation sites (tertiary alicyclic amines) is 1. The number of halogens is 1. The van der Waals surface area contributed by atoms with Crippen molar-refractivity contribution in [1.82, 2.24) is 4.90 Å². The number of nitrogens with one attached hydrogen (secondary N) is 1. The largest absolute Gasteiger partial charge is 0.451 e. The molecule has 0 aromatic heterocycles. The van der Waals surface area contributed by atoms with Gasteiger partial charge in [0.25, 0.3) is 5.91 Å². The zero-order chi connectivity index (χ0) is 19.6. The molecule has 1 heterocycles. The van der Waals surface area contributed by atoms with E-state index >= 15 is 0 Å². The third-order valence-electron chi connectivity index (χ3n) is 4.68.